The van der Waals surface area contributed by atoms with E-state index in [-0.39, 0.29) is 18.5 Å². The highest BCUT2D eigenvalue weighted by molar-refractivity contribution is 5.71. The van der Waals surface area contributed by atoms with Gasteiger partial charge in [0.05, 0.1) is 29.7 Å². The molecule has 0 fully saturated rings. The molecule has 4 rings (SSSR count). The fourth-order valence-corrected chi connectivity index (χ4v) is 3.76. The molecule has 0 saturated carbocycles. The summed E-state index contributed by atoms with van der Waals surface area (Å²) in [4.78, 5) is 6.97. The molecular weight excluding hydrogens is 305 g/mol. The molecule has 1 aliphatic rings. The van der Waals surface area contributed by atoms with Crippen LogP contribution in [0.2, 0.25) is 0 Å². The van der Waals surface area contributed by atoms with Crippen molar-refractivity contribution in [3.63, 3.8) is 0 Å². The van der Waals surface area contributed by atoms with Crippen LogP contribution < -0.4 is 4.90 Å². The van der Waals surface area contributed by atoms with E-state index < -0.39 is 0 Å². The summed E-state index contributed by atoms with van der Waals surface area (Å²) in [6.45, 7) is 4.84. The van der Waals surface area contributed by atoms with Gasteiger partial charge in [0.2, 0.25) is 0 Å². The second kappa shape index (κ2) is 5.60. The molecule has 3 aromatic rings. The Hall–Kier alpha value is -2.40. The molecule has 5 heteroatoms. The summed E-state index contributed by atoms with van der Waals surface area (Å²) >= 11 is 0. The van der Waals surface area contributed by atoms with Crippen molar-refractivity contribution < 1.29 is 9.50 Å². The van der Waals surface area contributed by atoms with E-state index in [9.17, 15) is 9.50 Å². The zero-order chi connectivity index (χ0) is 16.8. The van der Waals surface area contributed by atoms with Crippen LogP contribution in [0.3, 0.4) is 0 Å². The summed E-state index contributed by atoms with van der Waals surface area (Å²) in [6.07, 6.45) is 2.74. The van der Waals surface area contributed by atoms with Crippen LogP contribution in [0.1, 0.15) is 35.5 Å². The van der Waals surface area contributed by atoms with Gasteiger partial charge in [0.25, 0.3) is 0 Å². The Bertz CT molecular complexity index is 918. The molecule has 0 spiro atoms. The Kier molecular flexibility index (Phi) is 3.53. The third kappa shape index (κ3) is 2.19. The molecule has 2 aromatic heterocycles. The number of fused-ring (bicyclic) bond motifs is 2. The van der Waals surface area contributed by atoms with Crippen LogP contribution in [0.15, 0.2) is 36.5 Å². The number of aliphatic hydroxyl groups is 1. The first kappa shape index (κ1) is 15.1. The highest BCUT2D eigenvalue weighted by atomic mass is 19.1. The van der Waals surface area contributed by atoms with Gasteiger partial charge in [0.1, 0.15) is 5.82 Å². The first-order valence-corrected chi connectivity index (χ1v) is 8.22. The van der Waals surface area contributed by atoms with Crippen LogP contribution in [-0.2, 0) is 13.0 Å². The lowest BCUT2D eigenvalue weighted by Gasteiger charge is -2.37. The Morgan fingerprint density at radius 3 is 2.96 bits per heavy atom. The van der Waals surface area contributed by atoms with E-state index in [0.717, 1.165) is 46.8 Å². The van der Waals surface area contributed by atoms with Crippen molar-refractivity contribution >= 4 is 11.3 Å². The lowest BCUT2D eigenvalue weighted by atomic mass is 9.93. The maximum absolute atomic E-state index is 13.5. The molecule has 24 heavy (non-hydrogen) atoms. The maximum atomic E-state index is 13.5. The number of hydrogen-bond acceptors (Lipinski definition) is 3. The monoisotopic (exact) mass is 325 g/mol. The van der Waals surface area contributed by atoms with Crippen LogP contribution in [0.4, 0.5) is 10.1 Å². The average Bonchev–Trinajstić information content (AvgIpc) is 2.90. The van der Waals surface area contributed by atoms with Gasteiger partial charge in [-0.3, -0.25) is 4.40 Å². The normalized spacial score (nSPS) is 17.3. The van der Waals surface area contributed by atoms with Crippen molar-refractivity contribution in [1.29, 1.82) is 0 Å². The smallest absolute Gasteiger partial charge is 0.161 e. The van der Waals surface area contributed by atoms with Gasteiger partial charge in [0, 0.05) is 12.7 Å². The minimum atomic E-state index is -0.173. The largest absolute Gasteiger partial charge is 0.390 e. The fourth-order valence-electron chi connectivity index (χ4n) is 3.76. The number of rotatable bonds is 2. The molecule has 3 heterocycles. The summed E-state index contributed by atoms with van der Waals surface area (Å²) in [7, 11) is 0. The summed E-state index contributed by atoms with van der Waals surface area (Å²) in [6, 6.07) is 9.26. The number of nitrogens with zero attached hydrogens (tertiary/aromatic N) is 3. The number of halogens is 1. The minimum Gasteiger partial charge on any atom is -0.390 e. The standard InChI is InChI=1S/C19H20FN3O/c1-12-18(11-24)23-8-3-4-17(19(23)21-12)22-9-7-14-10-15(20)5-6-16(14)13(22)2/h3-6,8,10,13,24H,7,9,11H2,1-2H3. The molecule has 1 aliphatic heterocycles. The second-order valence-corrected chi connectivity index (χ2v) is 6.35. The van der Waals surface area contributed by atoms with Gasteiger partial charge in [-0.15, -0.1) is 0 Å². The van der Waals surface area contributed by atoms with E-state index in [1.54, 1.807) is 6.07 Å². The summed E-state index contributed by atoms with van der Waals surface area (Å²) in [5.74, 6) is -0.173. The molecule has 0 bridgehead atoms. The second-order valence-electron chi connectivity index (χ2n) is 6.35. The van der Waals surface area contributed by atoms with Crippen molar-refractivity contribution in [2.45, 2.75) is 32.9 Å². The highest BCUT2D eigenvalue weighted by Crippen LogP contribution is 2.35. The first-order chi connectivity index (χ1) is 11.6. The van der Waals surface area contributed by atoms with Crippen LogP contribution in [0.5, 0.6) is 0 Å². The van der Waals surface area contributed by atoms with Crippen molar-refractivity contribution in [1.82, 2.24) is 9.38 Å². The van der Waals surface area contributed by atoms with Crippen molar-refractivity contribution in [2.75, 3.05) is 11.4 Å². The third-order valence-corrected chi connectivity index (χ3v) is 5.03. The maximum Gasteiger partial charge on any atom is 0.161 e. The Morgan fingerprint density at radius 1 is 1.33 bits per heavy atom. The number of imidazole rings is 1. The predicted octanol–water partition coefficient (Wildman–Crippen LogP) is 3.40. The van der Waals surface area contributed by atoms with E-state index in [1.165, 1.54) is 6.07 Å². The molecule has 1 N–H and O–H groups in total. The molecule has 1 unspecified atom stereocenters. The van der Waals surface area contributed by atoms with Gasteiger partial charge < -0.3 is 10.0 Å². The zero-order valence-electron chi connectivity index (χ0n) is 13.8. The van der Waals surface area contributed by atoms with Gasteiger partial charge in [-0.05, 0) is 55.7 Å². The fraction of sp³-hybridized carbons (Fsp3) is 0.316. The average molecular weight is 325 g/mol. The molecule has 0 saturated heterocycles. The first-order valence-electron chi connectivity index (χ1n) is 8.22. The summed E-state index contributed by atoms with van der Waals surface area (Å²) in [5, 5.41) is 9.60. The van der Waals surface area contributed by atoms with E-state index in [2.05, 4.69) is 22.9 Å². The van der Waals surface area contributed by atoms with E-state index in [4.69, 9.17) is 0 Å². The number of aryl methyl sites for hydroxylation is 1. The SMILES string of the molecule is Cc1nc2c(N3CCc4cc(F)ccc4C3C)cccn2c1CO. The number of aromatic nitrogens is 2. The molecule has 1 atom stereocenters. The quantitative estimate of drug-likeness (QED) is 0.785. The highest BCUT2D eigenvalue weighted by Gasteiger charge is 2.26. The Balaban J connectivity index is 1.82. The number of pyridine rings is 1. The lowest BCUT2D eigenvalue weighted by Crippen LogP contribution is -2.34. The van der Waals surface area contributed by atoms with Crippen molar-refractivity contribution in [3.8, 4) is 0 Å². The van der Waals surface area contributed by atoms with Crippen LogP contribution in [-0.4, -0.2) is 21.0 Å². The molecule has 0 aliphatic carbocycles. The number of anilines is 1. The zero-order valence-corrected chi connectivity index (χ0v) is 13.8. The van der Waals surface area contributed by atoms with Crippen molar-refractivity contribution in [3.05, 3.63) is 64.9 Å². The number of aliphatic hydroxyl groups excluding tert-OH is 1. The number of hydrogen-bond donors (Lipinski definition) is 1. The van der Waals surface area contributed by atoms with Gasteiger partial charge in [0.15, 0.2) is 5.65 Å². The van der Waals surface area contributed by atoms with Crippen LogP contribution >= 0.6 is 0 Å². The molecule has 0 radical (unpaired) electrons. The summed E-state index contributed by atoms with van der Waals surface area (Å²) in [5.41, 5.74) is 5.81. The van der Waals surface area contributed by atoms with Crippen LogP contribution in [0.25, 0.3) is 5.65 Å². The Morgan fingerprint density at radius 2 is 2.17 bits per heavy atom. The molecule has 124 valence electrons. The lowest BCUT2D eigenvalue weighted by molar-refractivity contribution is 0.275. The number of benzene rings is 1. The molecule has 0 amide bonds. The molecular formula is C19H20FN3O. The van der Waals surface area contributed by atoms with Crippen LogP contribution in [0, 0.1) is 12.7 Å². The summed E-state index contributed by atoms with van der Waals surface area (Å²) < 4.78 is 15.4. The van der Waals surface area contributed by atoms with Gasteiger partial charge in [-0.2, -0.15) is 0 Å². The van der Waals surface area contributed by atoms with E-state index >= 15 is 0 Å². The third-order valence-electron chi connectivity index (χ3n) is 5.03. The van der Waals surface area contributed by atoms with E-state index in [1.807, 2.05) is 29.7 Å². The van der Waals surface area contributed by atoms with Gasteiger partial charge in [-0.1, -0.05) is 6.07 Å². The Labute approximate surface area is 140 Å². The molecule has 4 nitrogen and oxygen atoms in total. The topological polar surface area (TPSA) is 40.8 Å². The van der Waals surface area contributed by atoms with E-state index in [0.29, 0.717) is 0 Å². The van der Waals surface area contributed by atoms with Gasteiger partial charge in [-0.25, -0.2) is 9.37 Å². The molecule has 1 aromatic carbocycles. The predicted molar refractivity (Wildman–Crippen MR) is 91.7 cm³/mol. The minimum absolute atomic E-state index is 0.0336. The van der Waals surface area contributed by atoms with Gasteiger partial charge >= 0.3 is 0 Å². The van der Waals surface area contributed by atoms with Crippen molar-refractivity contribution in [2.24, 2.45) is 0 Å².